The molecule has 3 nitrogen and oxygen atoms in total. The standard InChI is InChI=1S/C10H13NO2/c1-7-2-4-8(5-3-7)6-9(11)10(12)13/h2-5,9H,6,11H2,1H3,(H,12,13)/t9-/m0/s1. The van der Waals surface area contributed by atoms with Gasteiger partial charge in [0.2, 0.25) is 0 Å². The predicted molar refractivity (Wildman–Crippen MR) is 50.5 cm³/mol. The van der Waals surface area contributed by atoms with Crippen LogP contribution >= 0.6 is 0 Å². The number of hydrogen-bond donors (Lipinski definition) is 2. The summed E-state index contributed by atoms with van der Waals surface area (Å²) in [4.78, 5) is 10.4. The molecule has 0 saturated carbocycles. The summed E-state index contributed by atoms with van der Waals surface area (Å²) in [5.41, 5.74) is 7.51. The fourth-order valence-corrected chi connectivity index (χ4v) is 1.07. The zero-order valence-electron chi connectivity index (χ0n) is 7.53. The molecule has 0 spiro atoms. The highest BCUT2D eigenvalue weighted by molar-refractivity contribution is 5.73. The monoisotopic (exact) mass is 179 g/mol. The highest BCUT2D eigenvalue weighted by Crippen LogP contribution is 2.05. The maximum absolute atomic E-state index is 10.4. The Labute approximate surface area is 77.2 Å². The fraction of sp³-hybridized carbons (Fsp3) is 0.300. The highest BCUT2D eigenvalue weighted by Gasteiger charge is 2.11. The van der Waals surface area contributed by atoms with Crippen LogP contribution in [0.15, 0.2) is 24.3 Å². The third-order valence-electron chi connectivity index (χ3n) is 1.89. The first-order chi connectivity index (χ1) is 6.09. The molecule has 0 amide bonds. The van der Waals surface area contributed by atoms with Crippen molar-refractivity contribution in [2.75, 3.05) is 0 Å². The van der Waals surface area contributed by atoms with Gasteiger partial charge >= 0.3 is 5.97 Å². The summed E-state index contributed by atoms with van der Waals surface area (Å²) in [5.74, 6) is -0.958. The average Bonchev–Trinajstić information content (AvgIpc) is 2.08. The number of hydrogen-bond acceptors (Lipinski definition) is 2. The number of aliphatic carboxylic acids is 1. The molecule has 0 heterocycles. The molecule has 13 heavy (non-hydrogen) atoms. The Balaban J connectivity index is 2.64. The van der Waals surface area contributed by atoms with Gasteiger partial charge in [-0.25, -0.2) is 0 Å². The third kappa shape index (κ3) is 2.87. The van der Waals surface area contributed by atoms with E-state index in [-0.39, 0.29) is 0 Å². The molecule has 1 aromatic rings. The molecule has 1 aromatic carbocycles. The van der Waals surface area contributed by atoms with Crippen LogP contribution in [0, 0.1) is 6.92 Å². The molecule has 0 saturated heterocycles. The van der Waals surface area contributed by atoms with Crippen molar-refractivity contribution in [1.29, 1.82) is 0 Å². The van der Waals surface area contributed by atoms with Gasteiger partial charge in [-0.2, -0.15) is 0 Å². The normalized spacial score (nSPS) is 12.5. The Morgan fingerprint density at radius 2 is 2.00 bits per heavy atom. The molecular weight excluding hydrogens is 166 g/mol. The van der Waals surface area contributed by atoms with Crippen molar-refractivity contribution in [3.05, 3.63) is 35.4 Å². The third-order valence-corrected chi connectivity index (χ3v) is 1.89. The minimum atomic E-state index is -0.958. The Hall–Kier alpha value is -1.35. The van der Waals surface area contributed by atoms with Crippen molar-refractivity contribution in [1.82, 2.24) is 0 Å². The highest BCUT2D eigenvalue weighted by atomic mass is 16.4. The molecule has 3 N–H and O–H groups in total. The van der Waals surface area contributed by atoms with E-state index in [4.69, 9.17) is 10.8 Å². The fourth-order valence-electron chi connectivity index (χ4n) is 1.07. The SMILES string of the molecule is Cc1ccc(C[C@H](N)C(=O)O)cc1. The van der Waals surface area contributed by atoms with E-state index in [2.05, 4.69) is 0 Å². The summed E-state index contributed by atoms with van der Waals surface area (Å²) in [6.45, 7) is 1.99. The van der Waals surface area contributed by atoms with Gasteiger partial charge < -0.3 is 10.8 Å². The van der Waals surface area contributed by atoms with E-state index in [0.717, 1.165) is 11.1 Å². The second kappa shape index (κ2) is 4.05. The molecular formula is C10H13NO2. The first-order valence-electron chi connectivity index (χ1n) is 4.13. The largest absolute Gasteiger partial charge is 0.480 e. The summed E-state index contributed by atoms with van der Waals surface area (Å²) in [5, 5.41) is 8.57. The maximum Gasteiger partial charge on any atom is 0.320 e. The number of carboxylic acid groups (broad SMARTS) is 1. The number of rotatable bonds is 3. The van der Waals surface area contributed by atoms with Crippen molar-refractivity contribution < 1.29 is 9.90 Å². The molecule has 0 aromatic heterocycles. The summed E-state index contributed by atoms with van der Waals surface area (Å²) >= 11 is 0. The molecule has 0 radical (unpaired) electrons. The molecule has 0 aliphatic rings. The molecule has 0 fully saturated rings. The summed E-state index contributed by atoms with van der Waals surface area (Å²) in [7, 11) is 0. The molecule has 0 unspecified atom stereocenters. The summed E-state index contributed by atoms with van der Waals surface area (Å²) in [6.07, 6.45) is 0.385. The Kier molecular flexibility index (Phi) is 3.03. The van der Waals surface area contributed by atoms with Gasteiger partial charge in [0.25, 0.3) is 0 Å². The van der Waals surface area contributed by atoms with Crippen LogP contribution in [0.25, 0.3) is 0 Å². The second-order valence-corrected chi connectivity index (χ2v) is 3.13. The van der Waals surface area contributed by atoms with Gasteiger partial charge in [0.05, 0.1) is 0 Å². The van der Waals surface area contributed by atoms with E-state index in [9.17, 15) is 4.79 Å². The van der Waals surface area contributed by atoms with Gasteiger partial charge in [-0.05, 0) is 18.9 Å². The van der Waals surface area contributed by atoms with Crippen molar-refractivity contribution in [2.24, 2.45) is 5.73 Å². The lowest BCUT2D eigenvalue weighted by Crippen LogP contribution is -2.32. The van der Waals surface area contributed by atoms with E-state index in [1.54, 1.807) is 0 Å². The van der Waals surface area contributed by atoms with Gasteiger partial charge in [-0.3, -0.25) is 4.79 Å². The Morgan fingerprint density at radius 1 is 1.46 bits per heavy atom. The van der Waals surface area contributed by atoms with Crippen LogP contribution < -0.4 is 5.73 Å². The van der Waals surface area contributed by atoms with Crippen LogP contribution in [-0.2, 0) is 11.2 Å². The van der Waals surface area contributed by atoms with E-state index in [1.807, 2.05) is 31.2 Å². The molecule has 3 heteroatoms. The zero-order valence-corrected chi connectivity index (χ0v) is 7.53. The number of carbonyl (C=O) groups is 1. The van der Waals surface area contributed by atoms with Crippen LogP contribution in [0.5, 0.6) is 0 Å². The number of aryl methyl sites for hydroxylation is 1. The van der Waals surface area contributed by atoms with Crippen LogP contribution in [0.3, 0.4) is 0 Å². The van der Waals surface area contributed by atoms with E-state index >= 15 is 0 Å². The molecule has 0 bridgehead atoms. The molecule has 0 aliphatic carbocycles. The Bertz CT molecular complexity index is 292. The van der Waals surface area contributed by atoms with E-state index < -0.39 is 12.0 Å². The van der Waals surface area contributed by atoms with Gasteiger partial charge in [0.15, 0.2) is 0 Å². The van der Waals surface area contributed by atoms with Crippen molar-refractivity contribution >= 4 is 5.97 Å². The first kappa shape index (κ1) is 9.74. The molecule has 1 rings (SSSR count). The quantitative estimate of drug-likeness (QED) is 0.726. The molecule has 70 valence electrons. The van der Waals surface area contributed by atoms with Crippen LogP contribution in [0.2, 0.25) is 0 Å². The summed E-state index contributed by atoms with van der Waals surface area (Å²) in [6, 6.07) is 6.90. The topological polar surface area (TPSA) is 63.3 Å². The average molecular weight is 179 g/mol. The minimum absolute atomic E-state index is 0.385. The van der Waals surface area contributed by atoms with Crippen LogP contribution in [0.1, 0.15) is 11.1 Å². The van der Waals surface area contributed by atoms with Crippen molar-refractivity contribution in [3.63, 3.8) is 0 Å². The van der Waals surface area contributed by atoms with E-state index in [0.29, 0.717) is 6.42 Å². The van der Waals surface area contributed by atoms with Gasteiger partial charge in [0, 0.05) is 0 Å². The van der Waals surface area contributed by atoms with E-state index in [1.165, 1.54) is 0 Å². The number of carboxylic acids is 1. The van der Waals surface area contributed by atoms with Crippen molar-refractivity contribution in [3.8, 4) is 0 Å². The lowest BCUT2D eigenvalue weighted by atomic mass is 10.1. The first-order valence-corrected chi connectivity index (χ1v) is 4.13. The second-order valence-electron chi connectivity index (χ2n) is 3.13. The Morgan fingerprint density at radius 3 is 2.46 bits per heavy atom. The van der Waals surface area contributed by atoms with Gasteiger partial charge in [-0.1, -0.05) is 29.8 Å². The summed E-state index contributed by atoms with van der Waals surface area (Å²) < 4.78 is 0. The minimum Gasteiger partial charge on any atom is -0.480 e. The molecule has 0 aliphatic heterocycles. The van der Waals surface area contributed by atoms with Crippen molar-refractivity contribution in [2.45, 2.75) is 19.4 Å². The zero-order chi connectivity index (χ0) is 9.84. The lowest BCUT2D eigenvalue weighted by Gasteiger charge is -2.05. The smallest absolute Gasteiger partial charge is 0.320 e. The van der Waals surface area contributed by atoms with Gasteiger partial charge in [0.1, 0.15) is 6.04 Å². The van der Waals surface area contributed by atoms with Crippen LogP contribution in [-0.4, -0.2) is 17.1 Å². The number of nitrogens with two attached hydrogens (primary N) is 1. The number of benzene rings is 1. The molecule has 1 atom stereocenters. The predicted octanol–water partition coefficient (Wildman–Crippen LogP) is 0.949. The van der Waals surface area contributed by atoms with Crippen LogP contribution in [0.4, 0.5) is 0 Å². The van der Waals surface area contributed by atoms with Gasteiger partial charge in [-0.15, -0.1) is 0 Å². The lowest BCUT2D eigenvalue weighted by molar-refractivity contribution is -0.138. The maximum atomic E-state index is 10.4.